The van der Waals surface area contributed by atoms with E-state index < -0.39 is 85.5 Å². The summed E-state index contributed by atoms with van der Waals surface area (Å²) in [5.41, 5.74) is 4.19. The normalized spacial score (nSPS) is 13.7. The molecule has 0 spiro atoms. The molecular formula is C87H119NO25S5. The van der Waals surface area contributed by atoms with Crippen LogP contribution < -0.4 is 0 Å². The number of ketones is 1. The fourth-order valence-electron chi connectivity index (χ4n) is 9.28. The maximum absolute atomic E-state index is 12.6. The van der Waals surface area contributed by atoms with E-state index in [9.17, 15) is 80.4 Å². The Labute approximate surface area is 699 Å². The molecule has 0 saturated carbocycles. The van der Waals surface area contributed by atoms with Crippen molar-refractivity contribution >= 4 is 96.8 Å². The number of carbonyl (C=O) groups is 8. The van der Waals surface area contributed by atoms with Gasteiger partial charge in [0.2, 0.25) is 0 Å². The molecule has 0 amide bonds. The van der Waals surface area contributed by atoms with Crippen molar-refractivity contribution in [2.75, 3.05) is 61.1 Å². The van der Waals surface area contributed by atoms with E-state index in [4.69, 9.17) is 33.7 Å². The molecule has 6 aromatic rings. The number of esters is 7. The van der Waals surface area contributed by atoms with Gasteiger partial charge in [-0.2, -0.15) is 5.26 Å². The Kier molecular flexibility index (Phi) is 47.3. The molecule has 0 aromatic heterocycles. The van der Waals surface area contributed by atoms with E-state index in [0.29, 0.717) is 17.5 Å². The molecule has 6 unspecified atom stereocenters. The molecule has 6 aromatic carbocycles. The third-order valence-electron chi connectivity index (χ3n) is 16.1. The van der Waals surface area contributed by atoms with Gasteiger partial charge in [-0.1, -0.05) is 236 Å². The summed E-state index contributed by atoms with van der Waals surface area (Å²) in [6, 6.07) is 50.4. The van der Waals surface area contributed by atoms with Crippen LogP contribution in [0.25, 0.3) is 0 Å². The zero-order valence-electron chi connectivity index (χ0n) is 71.2. The summed E-state index contributed by atoms with van der Waals surface area (Å²) in [5, 5.41) is 8.34. The Morgan fingerprint density at radius 1 is 0.381 bits per heavy atom. The standard InChI is InChI=1S/C18H20O4S.C14H20O4S.C14H16O3.2C13H18O4S.C8H13NO2.C7H14O4S/c1-14(2)18(19)22-17(15-9-5-3-6-10-15)13-23(20,21)16-11-7-4-8-12-16;1-10(2)14(15)18-12(4)9-19(16,17)13-7-5-11(3)6-8-13;1-9(2)14(16)17-8-11-7-10-5-3-4-6-12(10)13(11)15;1-10(2)13(14)17-12(9-18(3,15)16)11-7-5-4-6-8-11;1-10(2)13(14)17-11(3)9-18(15,16)12-7-5-4-6-8-12;1-6(2)8(10)11-5-7(3)4-9;1-6(2)7(8)11-4-5-12(3,9)10/h3-12,14,17H,13H2,1-2H3;5-8,10,12H,9H2,1-4H3;3-6,9,11H,7-8H2,1-2H3;4-8,10,12H,9H2,1-3H3;4-8,10-11H,9H2,1-3H3;6-7H,5H2,1-3H3;6H,4-5H2,1-3H3. The van der Waals surface area contributed by atoms with E-state index in [0.717, 1.165) is 29.2 Å². The molecule has 1 aliphatic rings. The van der Waals surface area contributed by atoms with E-state index in [-0.39, 0.29) is 152 Å². The summed E-state index contributed by atoms with van der Waals surface area (Å²) < 4.78 is 153. The number of benzene rings is 6. The maximum atomic E-state index is 12.6. The number of sulfone groups is 5. The van der Waals surface area contributed by atoms with Gasteiger partial charge < -0.3 is 33.2 Å². The molecule has 6 atom stereocenters. The molecule has 7 rings (SSSR count). The SMILES string of the molecule is CC(C#N)COC(=O)C(C)C.CC(C)C(=O)OC(CS(=O)(=O)c1ccccc1)c1ccccc1.CC(C)C(=O)OC(CS(C)(=O)=O)c1ccccc1.CC(C)C(=O)OCC1Cc2ccccc2C1=O.CC(C)C(=O)OCCS(C)(=O)=O.CC(CS(=O)(=O)c1ccccc1)OC(=O)C(C)C.Cc1ccc(S(=O)(=O)CC(C)OC(=O)C(C)C)cc1. The number of Topliss-reactive ketones (excluding diaryl/α,β-unsaturated/α-hetero) is 1. The summed E-state index contributed by atoms with van der Waals surface area (Å²) >= 11 is 0. The van der Waals surface area contributed by atoms with E-state index >= 15 is 0 Å². The highest BCUT2D eigenvalue weighted by Gasteiger charge is 2.32. The lowest BCUT2D eigenvalue weighted by molar-refractivity contribution is -0.153. The summed E-state index contributed by atoms with van der Waals surface area (Å²) in [7, 11) is -16.6. The summed E-state index contributed by atoms with van der Waals surface area (Å²) in [6.07, 6.45) is 0.0571. The van der Waals surface area contributed by atoms with Crippen LogP contribution in [0, 0.1) is 71.5 Å². The van der Waals surface area contributed by atoms with Crippen molar-refractivity contribution < 1.29 is 114 Å². The Morgan fingerprint density at radius 3 is 1.06 bits per heavy atom. The van der Waals surface area contributed by atoms with Gasteiger partial charge in [-0.25, -0.2) is 42.1 Å². The molecule has 652 valence electrons. The van der Waals surface area contributed by atoms with Gasteiger partial charge in [0.25, 0.3) is 0 Å². The molecule has 0 saturated heterocycles. The van der Waals surface area contributed by atoms with Crippen molar-refractivity contribution in [1.82, 2.24) is 0 Å². The topological polar surface area (TPSA) is 396 Å². The van der Waals surface area contributed by atoms with E-state index in [1.165, 1.54) is 12.1 Å². The van der Waals surface area contributed by atoms with Crippen molar-refractivity contribution in [2.24, 2.45) is 53.3 Å². The predicted octanol–water partition coefficient (Wildman–Crippen LogP) is 13.6. The number of ether oxygens (including phenoxy) is 7. The van der Waals surface area contributed by atoms with Gasteiger partial charge in [0, 0.05) is 18.1 Å². The minimum absolute atomic E-state index is 0.0458. The first-order chi connectivity index (χ1) is 54.7. The van der Waals surface area contributed by atoms with Crippen LogP contribution in [0.15, 0.2) is 185 Å². The van der Waals surface area contributed by atoms with Gasteiger partial charge in [0.1, 0.15) is 44.2 Å². The number of nitriles is 1. The Hall–Kier alpha value is -9.48. The van der Waals surface area contributed by atoms with Crippen molar-refractivity contribution in [2.45, 2.75) is 170 Å². The monoisotopic (exact) mass is 1740 g/mol. The summed E-state index contributed by atoms with van der Waals surface area (Å²) in [6.45, 7) is 31.3. The number of hydrogen-bond donors (Lipinski definition) is 0. The highest BCUT2D eigenvalue weighted by atomic mass is 32.2. The third kappa shape index (κ3) is 43.8. The minimum atomic E-state index is -3.56. The maximum Gasteiger partial charge on any atom is 0.309 e. The van der Waals surface area contributed by atoms with Gasteiger partial charge >= 0.3 is 41.8 Å². The number of hydrogen-bond acceptors (Lipinski definition) is 26. The Bertz CT molecular complexity index is 4760. The lowest BCUT2D eigenvalue weighted by Crippen LogP contribution is -2.26. The van der Waals surface area contributed by atoms with Gasteiger partial charge in [0.05, 0.1) is 103 Å². The Balaban J connectivity index is 0.000000696. The number of rotatable bonds is 31. The molecule has 0 bridgehead atoms. The second kappa shape index (κ2) is 52.4. The molecule has 118 heavy (non-hydrogen) atoms. The average molecular weight is 1740 g/mol. The quantitative estimate of drug-likeness (QED) is 0.0288. The molecule has 31 heteroatoms. The highest BCUT2D eigenvalue weighted by molar-refractivity contribution is 7.92. The molecular weight excluding hydrogens is 1620 g/mol. The molecule has 0 fully saturated rings. The number of aryl methyl sites for hydroxylation is 1. The fraction of sp³-hybridized carbons (Fsp3) is 0.483. The fourth-order valence-corrected chi connectivity index (χ4v) is 14.8. The van der Waals surface area contributed by atoms with Crippen LogP contribution in [0.1, 0.15) is 163 Å². The number of fused-ring (bicyclic) bond motifs is 1. The first-order valence-corrected chi connectivity index (χ1v) is 47.5. The zero-order valence-corrected chi connectivity index (χ0v) is 75.3. The van der Waals surface area contributed by atoms with Crippen LogP contribution in [0.5, 0.6) is 0 Å². The molecule has 0 radical (unpaired) electrons. The lowest BCUT2D eigenvalue weighted by Gasteiger charge is -2.19. The lowest BCUT2D eigenvalue weighted by atomic mass is 10.1. The van der Waals surface area contributed by atoms with Crippen LogP contribution in [0.2, 0.25) is 0 Å². The molecule has 0 aliphatic heterocycles. The van der Waals surface area contributed by atoms with Crippen LogP contribution in [-0.4, -0.2) is 163 Å². The minimum Gasteiger partial charge on any atom is -0.465 e. The van der Waals surface area contributed by atoms with E-state index in [1.54, 1.807) is 239 Å². The summed E-state index contributed by atoms with van der Waals surface area (Å²) in [5.74, 6) is -5.30. The second-order valence-corrected chi connectivity index (χ2v) is 40.7. The largest absolute Gasteiger partial charge is 0.465 e. The number of nitrogens with zero attached hydrogens (tertiary/aromatic N) is 1. The molecule has 26 nitrogen and oxygen atoms in total. The van der Waals surface area contributed by atoms with E-state index in [1.807, 2.05) is 49.4 Å². The molecule has 0 N–H and O–H groups in total. The second-order valence-electron chi connectivity index (χ2n) is 30.1. The smallest absolute Gasteiger partial charge is 0.309 e. The van der Waals surface area contributed by atoms with Crippen LogP contribution in [0.3, 0.4) is 0 Å². The first kappa shape index (κ1) is 107. The van der Waals surface area contributed by atoms with Gasteiger partial charge in [-0.15, -0.1) is 0 Å². The van der Waals surface area contributed by atoms with Crippen LogP contribution >= 0.6 is 0 Å². The first-order valence-electron chi connectivity index (χ1n) is 38.4. The molecule has 0 heterocycles. The summed E-state index contributed by atoms with van der Waals surface area (Å²) in [4.78, 5) is 92.0. The van der Waals surface area contributed by atoms with E-state index in [2.05, 4.69) is 4.74 Å². The van der Waals surface area contributed by atoms with Gasteiger partial charge in [-0.05, 0) is 87.2 Å². The van der Waals surface area contributed by atoms with Gasteiger partial charge in [-0.3, -0.25) is 38.4 Å². The van der Waals surface area contributed by atoms with Gasteiger partial charge in [0.15, 0.2) is 55.0 Å². The number of carbonyl (C=O) groups excluding carboxylic acids is 8. The highest BCUT2D eigenvalue weighted by Crippen LogP contribution is 2.28. The predicted molar refractivity (Wildman–Crippen MR) is 451 cm³/mol. The van der Waals surface area contributed by atoms with Crippen LogP contribution in [-0.2, 0) is 122 Å². The van der Waals surface area contributed by atoms with Crippen molar-refractivity contribution in [3.63, 3.8) is 0 Å². The van der Waals surface area contributed by atoms with Crippen molar-refractivity contribution in [3.05, 3.63) is 198 Å². The van der Waals surface area contributed by atoms with Crippen molar-refractivity contribution in [3.8, 4) is 6.07 Å². The van der Waals surface area contributed by atoms with Crippen LogP contribution in [0.4, 0.5) is 0 Å². The Morgan fingerprint density at radius 2 is 0.703 bits per heavy atom. The third-order valence-corrected chi connectivity index (χ3v) is 23.4. The molecule has 1 aliphatic carbocycles. The zero-order chi connectivity index (χ0) is 90.1. The van der Waals surface area contributed by atoms with Crippen molar-refractivity contribution in [1.29, 1.82) is 5.26 Å². The average Bonchev–Trinajstić information content (AvgIpc) is 1.61.